The molecule has 0 bridgehead atoms. The minimum Gasteiger partial charge on any atom is -0.395 e. The zero-order valence-corrected chi connectivity index (χ0v) is 10.7. The van der Waals surface area contributed by atoms with Crippen molar-refractivity contribution in [3.8, 4) is 0 Å². The summed E-state index contributed by atoms with van der Waals surface area (Å²) < 4.78 is 0. The standard InChI is InChI=1S/C14H22N2O2/c17-11-10-15-6-8-16(9-7-15)12-14(18)13-4-2-1-3-5-13/h1-5,14,17-18H,6-12H2/t14-/m0/s1. The first-order valence-electron chi connectivity index (χ1n) is 6.58. The third-order valence-corrected chi connectivity index (χ3v) is 3.50. The number of piperazine rings is 1. The molecule has 0 spiro atoms. The van der Waals surface area contributed by atoms with Crippen molar-refractivity contribution in [2.45, 2.75) is 6.10 Å². The van der Waals surface area contributed by atoms with Gasteiger partial charge in [0.05, 0.1) is 12.7 Å². The van der Waals surface area contributed by atoms with E-state index in [2.05, 4.69) is 9.80 Å². The average molecular weight is 250 g/mol. The van der Waals surface area contributed by atoms with Gasteiger partial charge in [-0.25, -0.2) is 0 Å². The zero-order valence-electron chi connectivity index (χ0n) is 10.7. The summed E-state index contributed by atoms with van der Waals surface area (Å²) >= 11 is 0. The van der Waals surface area contributed by atoms with Crippen LogP contribution in [0.15, 0.2) is 30.3 Å². The molecule has 2 N–H and O–H groups in total. The minimum atomic E-state index is -0.407. The summed E-state index contributed by atoms with van der Waals surface area (Å²) in [5, 5.41) is 19.0. The molecule has 1 heterocycles. The lowest BCUT2D eigenvalue weighted by Gasteiger charge is -2.35. The SMILES string of the molecule is OCCN1CCN(C[C@H](O)c2ccccc2)CC1. The van der Waals surface area contributed by atoms with E-state index in [1.165, 1.54) is 0 Å². The van der Waals surface area contributed by atoms with Gasteiger partial charge in [0, 0.05) is 39.3 Å². The van der Waals surface area contributed by atoms with Crippen LogP contribution in [0.1, 0.15) is 11.7 Å². The fourth-order valence-electron chi connectivity index (χ4n) is 2.36. The molecule has 0 amide bonds. The third kappa shape index (κ3) is 3.78. The first kappa shape index (κ1) is 13.5. The molecule has 1 aliphatic heterocycles. The molecule has 0 unspecified atom stereocenters. The maximum atomic E-state index is 10.1. The summed E-state index contributed by atoms with van der Waals surface area (Å²) in [6, 6.07) is 9.80. The lowest BCUT2D eigenvalue weighted by atomic mass is 10.1. The quantitative estimate of drug-likeness (QED) is 0.790. The second-order valence-electron chi connectivity index (χ2n) is 4.79. The van der Waals surface area contributed by atoms with Gasteiger partial charge in [0.2, 0.25) is 0 Å². The van der Waals surface area contributed by atoms with Crippen LogP contribution in [0.2, 0.25) is 0 Å². The molecule has 2 rings (SSSR count). The number of hydrogen-bond acceptors (Lipinski definition) is 4. The predicted molar refractivity (Wildman–Crippen MR) is 71.4 cm³/mol. The Morgan fingerprint density at radius 1 is 1.00 bits per heavy atom. The molecule has 1 saturated heterocycles. The summed E-state index contributed by atoms with van der Waals surface area (Å²) in [7, 11) is 0. The highest BCUT2D eigenvalue weighted by atomic mass is 16.3. The normalized spacial score (nSPS) is 19.9. The zero-order chi connectivity index (χ0) is 12.8. The summed E-state index contributed by atoms with van der Waals surface area (Å²) in [6.45, 7) is 5.55. The Balaban J connectivity index is 1.78. The van der Waals surface area contributed by atoms with Crippen molar-refractivity contribution in [2.24, 2.45) is 0 Å². The van der Waals surface area contributed by atoms with Gasteiger partial charge in [-0.2, -0.15) is 0 Å². The van der Waals surface area contributed by atoms with E-state index < -0.39 is 6.10 Å². The second kappa shape index (κ2) is 6.85. The topological polar surface area (TPSA) is 46.9 Å². The second-order valence-corrected chi connectivity index (χ2v) is 4.79. The van der Waals surface area contributed by atoms with Crippen LogP contribution >= 0.6 is 0 Å². The van der Waals surface area contributed by atoms with Crippen molar-refractivity contribution >= 4 is 0 Å². The van der Waals surface area contributed by atoms with Crippen molar-refractivity contribution < 1.29 is 10.2 Å². The molecule has 4 heteroatoms. The van der Waals surface area contributed by atoms with Crippen LogP contribution in [-0.4, -0.2) is 65.9 Å². The lowest BCUT2D eigenvalue weighted by molar-refractivity contribution is 0.0661. The van der Waals surface area contributed by atoms with Gasteiger partial charge in [0.1, 0.15) is 0 Å². The molecule has 0 aromatic heterocycles. The van der Waals surface area contributed by atoms with E-state index in [0.29, 0.717) is 6.54 Å². The Morgan fingerprint density at radius 3 is 2.22 bits per heavy atom. The van der Waals surface area contributed by atoms with Crippen LogP contribution in [-0.2, 0) is 0 Å². The van der Waals surface area contributed by atoms with Gasteiger partial charge in [-0.05, 0) is 5.56 Å². The molecule has 100 valence electrons. The van der Waals surface area contributed by atoms with Crippen molar-refractivity contribution in [1.82, 2.24) is 9.80 Å². The number of β-amino-alcohol motifs (C(OH)–C–C–N with tert-alkyl or cyclic N) is 2. The van der Waals surface area contributed by atoms with Gasteiger partial charge in [-0.15, -0.1) is 0 Å². The van der Waals surface area contributed by atoms with E-state index in [-0.39, 0.29) is 6.61 Å². The van der Waals surface area contributed by atoms with Crippen LogP contribution < -0.4 is 0 Å². The van der Waals surface area contributed by atoms with Crippen molar-refractivity contribution in [1.29, 1.82) is 0 Å². The molecule has 1 aromatic rings. The van der Waals surface area contributed by atoms with Crippen molar-refractivity contribution in [2.75, 3.05) is 45.9 Å². The molecule has 0 saturated carbocycles. The Labute approximate surface area is 108 Å². The van der Waals surface area contributed by atoms with E-state index >= 15 is 0 Å². The maximum Gasteiger partial charge on any atom is 0.0916 e. The monoisotopic (exact) mass is 250 g/mol. The van der Waals surface area contributed by atoms with Crippen molar-refractivity contribution in [3.63, 3.8) is 0 Å². The number of benzene rings is 1. The van der Waals surface area contributed by atoms with Gasteiger partial charge >= 0.3 is 0 Å². The number of rotatable bonds is 5. The third-order valence-electron chi connectivity index (χ3n) is 3.50. The number of aliphatic hydroxyl groups is 2. The van der Waals surface area contributed by atoms with Crippen LogP contribution in [0.5, 0.6) is 0 Å². The maximum absolute atomic E-state index is 10.1. The molecule has 1 atom stereocenters. The molecule has 1 aliphatic rings. The van der Waals surface area contributed by atoms with Gasteiger partial charge in [-0.1, -0.05) is 30.3 Å². The van der Waals surface area contributed by atoms with Gasteiger partial charge in [0.15, 0.2) is 0 Å². The fourth-order valence-corrected chi connectivity index (χ4v) is 2.36. The van der Waals surface area contributed by atoms with Crippen molar-refractivity contribution in [3.05, 3.63) is 35.9 Å². The fraction of sp³-hybridized carbons (Fsp3) is 0.571. The highest BCUT2D eigenvalue weighted by molar-refractivity contribution is 5.17. The Morgan fingerprint density at radius 2 is 1.61 bits per heavy atom. The molecule has 0 aliphatic carbocycles. The van der Waals surface area contributed by atoms with E-state index in [1.54, 1.807) is 0 Å². The summed E-state index contributed by atoms with van der Waals surface area (Å²) in [6.07, 6.45) is -0.407. The van der Waals surface area contributed by atoms with Crippen LogP contribution in [0.25, 0.3) is 0 Å². The summed E-state index contributed by atoms with van der Waals surface area (Å²) in [5.74, 6) is 0. The highest BCUT2D eigenvalue weighted by Gasteiger charge is 2.19. The van der Waals surface area contributed by atoms with Crippen LogP contribution in [0.4, 0.5) is 0 Å². The first-order valence-corrected chi connectivity index (χ1v) is 6.58. The molecule has 0 radical (unpaired) electrons. The van der Waals surface area contributed by atoms with Gasteiger partial charge < -0.3 is 10.2 Å². The number of nitrogens with zero attached hydrogens (tertiary/aromatic N) is 2. The Hall–Kier alpha value is -0.940. The molecular weight excluding hydrogens is 228 g/mol. The van der Waals surface area contributed by atoms with Crippen LogP contribution in [0.3, 0.4) is 0 Å². The van der Waals surface area contributed by atoms with E-state index in [9.17, 15) is 5.11 Å². The average Bonchev–Trinajstić information content (AvgIpc) is 2.42. The largest absolute Gasteiger partial charge is 0.395 e. The lowest BCUT2D eigenvalue weighted by Crippen LogP contribution is -2.48. The highest BCUT2D eigenvalue weighted by Crippen LogP contribution is 2.14. The molecule has 1 fully saturated rings. The smallest absolute Gasteiger partial charge is 0.0916 e. The number of hydrogen-bond donors (Lipinski definition) is 2. The van der Waals surface area contributed by atoms with Crippen LogP contribution in [0, 0.1) is 0 Å². The predicted octanol–water partition coefficient (Wildman–Crippen LogP) is 0.330. The molecular formula is C14H22N2O2. The minimum absolute atomic E-state index is 0.229. The summed E-state index contributed by atoms with van der Waals surface area (Å²) in [5.41, 5.74) is 0.982. The van der Waals surface area contributed by atoms with Gasteiger partial charge in [0.25, 0.3) is 0 Å². The van der Waals surface area contributed by atoms with E-state index in [4.69, 9.17) is 5.11 Å². The van der Waals surface area contributed by atoms with Gasteiger partial charge in [-0.3, -0.25) is 9.80 Å². The molecule has 18 heavy (non-hydrogen) atoms. The Kier molecular flexibility index (Phi) is 5.13. The van der Waals surface area contributed by atoms with E-state index in [0.717, 1.165) is 38.3 Å². The first-order chi connectivity index (χ1) is 8.79. The number of aliphatic hydroxyl groups excluding tert-OH is 2. The molecule has 1 aromatic carbocycles. The Bertz CT molecular complexity index is 337. The molecule has 4 nitrogen and oxygen atoms in total. The summed E-state index contributed by atoms with van der Waals surface area (Å²) in [4.78, 5) is 4.54. The van der Waals surface area contributed by atoms with E-state index in [1.807, 2.05) is 30.3 Å².